The average molecular weight is 284 g/mol. The number of nitrogens with zero attached hydrogens (tertiary/aromatic N) is 3. The van der Waals surface area contributed by atoms with E-state index in [1.807, 2.05) is 6.92 Å². The number of halogens is 1. The number of hydrogen-bond acceptors (Lipinski definition) is 4. The lowest BCUT2D eigenvalue weighted by molar-refractivity contribution is 0.836. The molecule has 0 atom stereocenters. The zero-order valence-electron chi connectivity index (χ0n) is 8.78. The van der Waals surface area contributed by atoms with Crippen molar-refractivity contribution in [3.05, 3.63) is 32.9 Å². The molecule has 0 saturated heterocycles. The van der Waals surface area contributed by atoms with Crippen LogP contribution in [0, 0.1) is 6.92 Å². The third-order valence-electron chi connectivity index (χ3n) is 1.99. The first-order valence-corrected chi connectivity index (χ1v) is 5.38. The van der Waals surface area contributed by atoms with Gasteiger partial charge >= 0.3 is 0 Å². The van der Waals surface area contributed by atoms with Crippen molar-refractivity contribution in [3.8, 4) is 0 Å². The molecule has 7 heteroatoms. The minimum absolute atomic E-state index is 0.205. The van der Waals surface area contributed by atoms with Gasteiger partial charge in [-0.2, -0.15) is 5.10 Å². The normalized spacial score (nSPS) is 10.4. The van der Waals surface area contributed by atoms with E-state index < -0.39 is 0 Å². The number of nitrogens with one attached hydrogen (secondary N) is 2. The van der Waals surface area contributed by atoms with Gasteiger partial charge in [0.05, 0.1) is 0 Å². The molecule has 0 unspecified atom stereocenters. The number of aryl methyl sites for hydroxylation is 2. The van der Waals surface area contributed by atoms with Crippen LogP contribution in [0.15, 0.2) is 21.7 Å². The summed E-state index contributed by atoms with van der Waals surface area (Å²) in [6.45, 7) is 1.88. The first kappa shape index (κ1) is 10.9. The Balaban J connectivity index is 2.38. The van der Waals surface area contributed by atoms with E-state index in [0.717, 1.165) is 5.69 Å². The van der Waals surface area contributed by atoms with Crippen molar-refractivity contribution in [3.63, 3.8) is 0 Å². The van der Waals surface area contributed by atoms with E-state index >= 15 is 0 Å². The molecule has 0 aromatic carbocycles. The molecule has 6 nitrogen and oxygen atoms in total. The highest BCUT2D eigenvalue weighted by molar-refractivity contribution is 9.10. The lowest BCUT2D eigenvalue weighted by atomic mass is 10.4. The molecular formula is C9H10BrN5O. The minimum Gasteiger partial charge on any atom is -0.319 e. The van der Waals surface area contributed by atoms with Crippen LogP contribution >= 0.6 is 15.9 Å². The monoisotopic (exact) mass is 283 g/mol. The third kappa shape index (κ3) is 2.13. The lowest BCUT2D eigenvalue weighted by Gasteiger charge is -2.04. The van der Waals surface area contributed by atoms with Crippen LogP contribution in [-0.2, 0) is 7.05 Å². The van der Waals surface area contributed by atoms with Gasteiger partial charge in [-0.05, 0) is 22.9 Å². The number of hydrogen-bond donors (Lipinski definition) is 2. The smallest absolute Gasteiger partial charge is 0.293 e. The first-order chi connectivity index (χ1) is 7.56. The Kier molecular flexibility index (Phi) is 2.78. The maximum absolute atomic E-state index is 11.7. The fourth-order valence-electron chi connectivity index (χ4n) is 1.25. The molecule has 2 N–H and O–H groups in total. The summed E-state index contributed by atoms with van der Waals surface area (Å²) in [4.78, 5) is 15.8. The maximum Gasteiger partial charge on any atom is 0.293 e. The number of H-pyrrole nitrogens is 1. The summed E-state index contributed by atoms with van der Waals surface area (Å²) in [7, 11) is 1.66. The molecule has 2 aromatic heterocycles. The largest absolute Gasteiger partial charge is 0.319 e. The molecule has 84 valence electrons. The first-order valence-electron chi connectivity index (χ1n) is 4.58. The van der Waals surface area contributed by atoms with Gasteiger partial charge in [-0.15, -0.1) is 0 Å². The molecular weight excluding hydrogens is 274 g/mol. The van der Waals surface area contributed by atoms with Gasteiger partial charge in [0, 0.05) is 25.0 Å². The molecule has 0 spiro atoms. The molecule has 2 aromatic rings. The van der Waals surface area contributed by atoms with E-state index in [2.05, 4.69) is 36.4 Å². The summed E-state index contributed by atoms with van der Waals surface area (Å²) >= 11 is 3.23. The van der Waals surface area contributed by atoms with E-state index in [9.17, 15) is 4.79 Å². The second kappa shape index (κ2) is 4.09. The molecule has 0 aliphatic rings. The van der Waals surface area contributed by atoms with Crippen LogP contribution < -0.4 is 10.9 Å². The fourth-order valence-corrected chi connectivity index (χ4v) is 1.74. The number of anilines is 2. The van der Waals surface area contributed by atoms with E-state index in [-0.39, 0.29) is 11.4 Å². The summed E-state index contributed by atoms with van der Waals surface area (Å²) in [5.74, 6) is 0.809. The number of rotatable bonds is 2. The van der Waals surface area contributed by atoms with E-state index in [1.165, 1.54) is 4.57 Å². The Labute approximate surface area is 99.8 Å². The van der Waals surface area contributed by atoms with Crippen molar-refractivity contribution in [1.29, 1.82) is 0 Å². The number of aromatic amines is 1. The van der Waals surface area contributed by atoms with Crippen LogP contribution in [0.25, 0.3) is 0 Å². The van der Waals surface area contributed by atoms with Gasteiger partial charge in [0.25, 0.3) is 5.56 Å². The van der Waals surface area contributed by atoms with Gasteiger partial charge in [-0.25, -0.2) is 4.98 Å². The van der Waals surface area contributed by atoms with Crippen LogP contribution in [0.2, 0.25) is 0 Å². The number of aromatic nitrogens is 4. The van der Waals surface area contributed by atoms with Gasteiger partial charge in [0.2, 0.25) is 0 Å². The maximum atomic E-state index is 11.7. The molecule has 0 fully saturated rings. The van der Waals surface area contributed by atoms with Gasteiger partial charge in [-0.3, -0.25) is 9.89 Å². The van der Waals surface area contributed by atoms with Crippen LogP contribution in [0.4, 0.5) is 11.6 Å². The van der Waals surface area contributed by atoms with Crippen LogP contribution in [0.1, 0.15) is 5.69 Å². The Bertz CT molecular complexity index is 574. The molecule has 2 rings (SSSR count). The summed E-state index contributed by atoms with van der Waals surface area (Å²) in [5, 5.41) is 9.61. The summed E-state index contributed by atoms with van der Waals surface area (Å²) < 4.78 is 2.03. The zero-order chi connectivity index (χ0) is 11.7. The summed E-state index contributed by atoms with van der Waals surface area (Å²) in [5.41, 5.74) is 0.707. The molecule has 0 amide bonds. The molecule has 0 aliphatic heterocycles. The fraction of sp³-hybridized carbons (Fsp3) is 0.222. The van der Waals surface area contributed by atoms with Crippen LogP contribution in [-0.4, -0.2) is 19.7 Å². The van der Waals surface area contributed by atoms with Gasteiger partial charge in [0.15, 0.2) is 11.6 Å². The van der Waals surface area contributed by atoms with E-state index in [4.69, 9.17) is 0 Å². The van der Waals surface area contributed by atoms with Crippen LogP contribution in [0.5, 0.6) is 0 Å². The molecule has 2 heterocycles. The average Bonchev–Trinajstić information content (AvgIpc) is 2.60. The highest BCUT2D eigenvalue weighted by Crippen LogP contribution is 2.11. The SMILES string of the molecule is Cc1cc(Nc2nc(Br)cn(C)c2=O)n[nH]1. The standard InChI is InChI=1S/C9H10BrN5O/c1-5-3-7(14-13-5)12-8-9(16)15(2)4-6(10)11-8/h3-4H,1-2H3,(H2,11,12,13,14). The van der Waals surface area contributed by atoms with Crippen molar-refractivity contribution in [1.82, 2.24) is 19.7 Å². The predicted octanol–water partition coefficient (Wildman–Crippen LogP) is 1.32. The molecule has 0 saturated carbocycles. The summed E-state index contributed by atoms with van der Waals surface area (Å²) in [6, 6.07) is 1.79. The highest BCUT2D eigenvalue weighted by atomic mass is 79.9. The quantitative estimate of drug-likeness (QED) is 0.872. The minimum atomic E-state index is -0.205. The van der Waals surface area contributed by atoms with E-state index in [1.54, 1.807) is 19.3 Å². The van der Waals surface area contributed by atoms with Crippen molar-refractivity contribution < 1.29 is 0 Å². The van der Waals surface area contributed by atoms with E-state index in [0.29, 0.717) is 10.4 Å². The molecule has 0 bridgehead atoms. The van der Waals surface area contributed by atoms with Crippen molar-refractivity contribution in [2.75, 3.05) is 5.32 Å². The molecule has 0 aliphatic carbocycles. The Morgan fingerprint density at radius 3 is 2.94 bits per heavy atom. The molecule has 16 heavy (non-hydrogen) atoms. The van der Waals surface area contributed by atoms with Gasteiger partial charge < -0.3 is 9.88 Å². The molecule has 0 radical (unpaired) electrons. The second-order valence-corrected chi connectivity index (χ2v) is 4.20. The van der Waals surface area contributed by atoms with Crippen molar-refractivity contribution >= 4 is 27.6 Å². The van der Waals surface area contributed by atoms with Crippen LogP contribution in [0.3, 0.4) is 0 Å². The Morgan fingerprint density at radius 2 is 2.31 bits per heavy atom. The Hall–Kier alpha value is -1.63. The van der Waals surface area contributed by atoms with Crippen molar-refractivity contribution in [2.24, 2.45) is 7.05 Å². The summed E-state index contributed by atoms with van der Waals surface area (Å²) in [6.07, 6.45) is 1.60. The second-order valence-electron chi connectivity index (χ2n) is 3.39. The third-order valence-corrected chi connectivity index (χ3v) is 2.38. The topological polar surface area (TPSA) is 75.6 Å². The van der Waals surface area contributed by atoms with Gasteiger partial charge in [0.1, 0.15) is 4.60 Å². The predicted molar refractivity (Wildman–Crippen MR) is 63.8 cm³/mol. The Morgan fingerprint density at radius 1 is 1.56 bits per heavy atom. The van der Waals surface area contributed by atoms with Crippen molar-refractivity contribution in [2.45, 2.75) is 6.92 Å². The lowest BCUT2D eigenvalue weighted by Crippen LogP contribution is -2.21. The highest BCUT2D eigenvalue weighted by Gasteiger charge is 2.07. The zero-order valence-corrected chi connectivity index (χ0v) is 10.4. The van der Waals surface area contributed by atoms with Gasteiger partial charge in [-0.1, -0.05) is 0 Å².